The summed E-state index contributed by atoms with van der Waals surface area (Å²) >= 11 is 11.7. The van der Waals surface area contributed by atoms with Crippen LogP contribution >= 0.6 is 23.2 Å². The van der Waals surface area contributed by atoms with E-state index in [0.29, 0.717) is 16.5 Å². The van der Waals surface area contributed by atoms with Crippen LogP contribution < -0.4 is 10.1 Å². The quantitative estimate of drug-likeness (QED) is 0.765. The lowest BCUT2D eigenvalue weighted by molar-refractivity contribution is 0.0697. The largest absolute Gasteiger partial charge is 0.478 e. The van der Waals surface area contributed by atoms with Gasteiger partial charge in [-0.15, -0.1) is 0 Å². The van der Waals surface area contributed by atoms with E-state index in [4.69, 9.17) is 33.0 Å². The number of halogens is 2. The van der Waals surface area contributed by atoms with Crippen molar-refractivity contribution in [3.63, 3.8) is 0 Å². The van der Waals surface area contributed by atoms with E-state index in [2.05, 4.69) is 5.32 Å². The SMILES string of the molecule is Cc1cc(Cl)ccc1O[C@@H](C)Nc1ccc(Cl)c(C(=O)O)c1. The van der Waals surface area contributed by atoms with Crippen molar-refractivity contribution in [1.29, 1.82) is 0 Å². The Labute approximate surface area is 138 Å². The summed E-state index contributed by atoms with van der Waals surface area (Å²) in [6.45, 7) is 3.72. The topological polar surface area (TPSA) is 58.6 Å². The Kier molecular flexibility index (Phi) is 5.16. The lowest BCUT2D eigenvalue weighted by atomic mass is 10.2. The highest BCUT2D eigenvalue weighted by Crippen LogP contribution is 2.24. The molecule has 2 rings (SSSR count). The summed E-state index contributed by atoms with van der Waals surface area (Å²) in [7, 11) is 0. The third-order valence-corrected chi connectivity index (χ3v) is 3.57. The maximum atomic E-state index is 11.1. The highest BCUT2D eigenvalue weighted by molar-refractivity contribution is 6.33. The molecule has 22 heavy (non-hydrogen) atoms. The molecule has 0 saturated heterocycles. The number of anilines is 1. The van der Waals surface area contributed by atoms with E-state index in [1.54, 1.807) is 18.2 Å². The lowest BCUT2D eigenvalue weighted by Gasteiger charge is -2.19. The maximum absolute atomic E-state index is 11.1. The fraction of sp³-hybridized carbons (Fsp3) is 0.188. The molecule has 0 amide bonds. The fourth-order valence-electron chi connectivity index (χ4n) is 1.98. The number of nitrogens with one attached hydrogen (secondary N) is 1. The predicted octanol–water partition coefficient (Wildman–Crippen LogP) is 4.84. The van der Waals surface area contributed by atoms with Crippen LogP contribution in [0, 0.1) is 6.92 Å². The van der Waals surface area contributed by atoms with E-state index < -0.39 is 5.97 Å². The summed E-state index contributed by atoms with van der Waals surface area (Å²) in [5, 5.41) is 13.0. The average molecular weight is 340 g/mol. The first kappa shape index (κ1) is 16.5. The standard InChI is InChI=1S/C16H15Cl2NO3/c1-9-7-11(17)3-6-15(9)22-10(2)19-12-4-5-14(18)13(8-12)16(20)21/h3-8,10,19H,1-2H3,(H,20,21)/t10-/m0/s1. The fourth-order valence-corrected chi connectivity index (χ4v) is 2.40. The van der Waals surface area contributed by atoms with Gasteiger partial charge in [-0.1, -0.05) is 23.2 Å². The van der Waals surface area contributed by atoms with E-state index in [0.717, 1.165) is 5.56 Å². The summed E-state index contributed by atoms with van der Waals surface area (Å²) in [6, 6.07) is 10.1. The Morgan fingerprint density at radius 2 is 1.95 bits per heavy atom. The third kappa shape index (κ3) is 4.06. The first-order chi connectivity index (χ1) is 10.4. The van der Waals surface area contributed by atoms with Gasteiger partial charge in [0.25, 0.3) is 0 Å². The Hall–Kier alpha value is -1.91. The summed E-state index contributed by atoms with van der Waals surface area (Å²) in [5.41, 5.74) is 1.57. The van der Waals surface area contributed by atoms with Crippen LogP contribution in [0.4, 0.5) is 5.69 Å². The van der Waals surface area contributed by atoms with E-state index in [9.17, 15) is 4.79 Å². The van der Waals surface area contributed by atoms with Crippen molar-refractivity contribution in [3.05, 3.63) is 57.6 Å². The number of carboxylic acids is 1. The van der Waals surface area contributed by atoms with Gasteiger partial charge >= 0.3 is 5.97 Å². The van der Waals surface area contributed by atoms with Gasteiger partial charge in [-0.25, -0.2) is 4.79 Å². The molecule has 0 aromatic heterocycles. The summed E-state index contributed by atoms with van der Waals surface area (Å²) in [4.78, 5) is 11.1. The number of benzene rings is 2. The molecular weight excluding hydrogens is 325 g/mol. The summed E-state index contributed by atoms with van der Waals surface area (Å²) in [6.07, 6.45) is -0.359. The smallest absolute Gasteiger partial charge is 0.337 e. The van der Waals surface area contributed by atoms with Crippen molar-refractivity contribution < 1.29 is 14.6 Å². The lowest BCUT2D eigenvalue weighted by Crippen LogP contribution is -2.22. The minimum atomic E-state index is -1.07. The van der Waals surface area contributed by atoms with Gasteiger partial charge in [0.15, 0.2) is 6.23 Å². The van der Waals surface area contributed by atoms with Gasteiger partial charge in [0.1, 0.15) is 5.75 Å². The molecule has 0 bridgehead atoms. The number of hydrogen-bond donors (Lipinski definition) is 2. The Morgan fingerprint density at radius 1 is 1.23 bits per heavy atom. The van der Waals surface area contributed by atoms with Gasteiger partial charge in [-0.05, 0) is 55.8 Å². The van der Waals surface area contributed by atoms with Crippen molar-refractivity contribution in [1.82, 2.24) is 0 Å². The highest BCUT2D eigenvalue weighted by atomic mass is 35.5. The minimum absolute atomic E-state index is 0.0431. The third-order valence-electron chi connectivity index (χ3n) is 3.01. The zero-order chi connectivity index (χ0) is 16.3. The molecular formula is C16H15Cl2NO3. The zero-order valence-corrected chi connectivity index (χ0v) is 13.6. The Bertz CT molecular complexity index is 704. The summed E-state index contributed by atoms with van der Waals surface area (Å²) in [5.74, 6) is -0.368. The predicted molar refractivity (Wildman–Crippen MR) is 88.3 cm³/mol. The maximum Gasteiger partial charge on any atom is 0.337 e. The summed E-state index contributed by atoms with van der Waals surface area (Å²) < 4.78 is 5.78. The van der Waals surface area contributed by atoms with E-state index in [-0.39, 0.29) is 16.8 Å². The molecule has 0 spiro atoms. The van der Waals surface area contributed by atoms with Crippen LogP contribution in [0.15, 0.2) is 36.4 Å². The van der Waals surface area contributed by atoms with Crippen molar-refractivity contribution >= 4 is 34.9 Å². The molecule has 116 valence electrons. The van der Waals surface area contributed by atoms with Crippen LogP contribution in [0.1, 0.15) is 22.8 Å². The molecule has 2 aromatic rings. The van der Waals surface area contributed by atoms with Crippen molar-refractivity contribution in [2.75, 3.05) is 5.32 Å². The molecule has 2 N–H and O–H groups in total. The molecule has 0 radical (unpaired) electrons. The van der Waals surface area contributed by atoms with Gasteiger partial charge in [-0.3, -0.25) is 0 Å². The van der Waals surface area contributed by atoms with Gasteiger partial charge in [0.2, 0.25) is 0 Å². The van der Waals surface area contributed by atoms with Crippen LogP contribution in [-0.2, 0) is 0 Å². The van der Waals surface area contributed by atoms with E-state index in [1.807, 2.05) is 19.9 Å². The number of rotatable bonds is 5. The zero-order valence-electron chi connectivity index (χ0n) is 12.1. The molecule has 0 aliphatic carbocycles. The first-order valence-electron chi connectivity index (χ1n) is 6.59. The normalized spacial score (nSPS) is 11.8. The molecule has 0 aliphatic rings. The van der Waals surface area contributed by atoms with E-state index >= 15 is 0 Å². The van der Waals surface area contributed by atoms with Crippen LogP contribution in [0.5, 0.6) is 5.75 Å². The number of carboxylic acid groups (broad SMARTS) is 1. The molecule has 0 heterocycles. The number of aromatic carboxylic acids is 1. The van der Waals surface area contributed by atoms with Crippen LogP contribution in [0.3, 0.4) is 0 Å². The van der Waals surface area contributed by atoms with Crippen molar-refractivity contribution in [2.45, 2.75) is 20.1 Å². The second kappa shape index (κ2) is 6.90. The molecule has 1 atom stereocenters. The Morgan fingerprint density at radius 3 is 2.59 bits per heavy atom. The number of carbonyl (C=O) groups is 1. The first-order valence-corrected chi connectivity index (χ1v) is 7.34. The van der Waals surface area contributed by atoms with Gasteiger partial charge in [-0.2, -0.15) is 0 Å². The second-order valence-corrected chi connectivity index (χ2v) is 5.66. The molecule has 4 nitrogen and oxygen atoms in total. The number of hydrogen-bond acceptors (Lipinski definition) is 3. The molecule has 0 saturated carbocycles. The average Bonchev–Trinajstić information content (AvgIpc) is 2.44. The molecule has 2 aromatic carbocycles. The van der Waals surface area contributed by atoms with Crippen LogP contribution in [-0.4, -0.2) is 17.3 Å². The van der Waals surface area contributed by atoms with Crippen LogP contribution in [0.25, 0.3) is 0 Å². The van der Waals surface area contributed by atoms with E-state index in [1.165, 1.54) is 12.1 Å². The molecule has 0 fully saturated rings. The number of ether oxygens (including phenoxy) is 1. The molecule has 0 aliphatic heterocycles. The monoisotopic (exact) mass is 339 g/mol. The van der Waals surface area contributed by atoms with Crippen LogP contribution in [0.2, 0.25) is 10.0 Å². The van der Waals surface area contributed by atoms with Crippen molar-refractivity contribution in [2.24, 2.45) is 0 Å². The minimum Gasteiger partial charge on any atom is -0.478 e. The molecule has 0 unspecified atom stereocenters. The number of aryl methyl sites for hydroxylation is 1. The van der Waals surface area contributed by atoms with Gasteiger partial charge < -0.3 is 15.2 Å². The second-order valence-electron chi connectivity index (χ2n) is 4.81. The molecule has 6 heteroatoms. The Balaban J connectivity index is 2.10. The van der Waals surface area contributed by atoms with Gasteiger partial charge in [0, 0.05) is 10.7 Å². The highest BCUT2D eigenvalue weighted by Gasteiger charge is 2.11. The van der Waals surface area contributed by atoms with Crippen molar-refractivity contribution in [3.8, 4) is 5.75 Å². The van der Waals surface area contributed by atoms with Gasteiger partial charge in [0.05, 0.1) is 10.6 Å².